The number of nitrogens with zero attached hydrogens (tertiary/aromatic N) is 2. The number of rotatable bonds is 4. The van der Waals surface area contributed by atoms with E-state index < -0.39 is 0 Å². The summed E-state index contributed by atoms with van der Waals surface area (Å²) in [6, 6.07) is 7.33. The SMILES string of the molecule is Cl.NC1CCCC(C(=O)NCc2nc(-c3cccc(Cl)c3)no2)C1. The van der Waals surface area contributed by atoms with Crippen molar-refractivity contribution in [1.82, 2.24) is 15.5 Å². The van der Waals surface area contributed by atoms with Gasteiger partial charge in [-0.05, 0) is 31.4 Å². The van der Waals surface area contributed by atoms with Gasteiger partial charge in [-0.25, -0.2) is 0 Å². The predicted molar refractivity (Wildman–Crippen MR) is 93.8 cm³/mol. The molecule has 1 aromatic heterocycles. The van der Waals surface area contributed by atoms with Crippen molar-refractivity contribution < 1.29 is 9.32 Å². The first kappa shape index (κ1) is 18.7. The first-order valence-corrected chi connectivity index (χ1v) is 8.11. The quantitative estimate of drug-likeness (QED) is 0.862. The monoisotopic (exact) mass is 370 g/mol. The number of hydrogen-bond acceptors (Lipinski definition) is 5. The van der Waals surface area contributed by atoms with Crippen molar-refractivity contribution in [1.29, 1.82) is 0 Å². The summed E-state index contributed by atoms with van der Waals surface area (Å²) >= 11 is 5.95. The highest BCUT2D eigenvalue weighted by molar-refractivity contribution is 6.30. The predicted octanol–water partition coefficient (Wildman–Crippen LogP) is 2.95. The molecule has 0 radical (unpaired) electrons. The van der Waals surface area contributed by atoms with Crippen molar-refractivity contribution in [2.75, 3.05) is 0 Å². The molecule has 1 aromatic carbocycles. The van der Waals surface area contributed by atoms with E-state index in [-0.39, 0.29) is 36.8 Å². The molecule has 2 unspecified atom stereocenters. The largest absolute Gasteiger partial charge is 0.347 e. The van der Waals surface area contributed by atoms with Crippen LogP contribution in [0.4, 0.5) is 0 Å². The zero-order valence-electron chi connectivity index (χ0n) is 13.1. The van der Waals surface area contributed by atoms with E-state index >= 15 is 0 Å². The van der Waals surface area contributed by atoms with Crippen LogP contribution in [-0.4, -0.2) is 22.1 Å². The lowest BCUT2D eigenvalue weighted by Gasteiger charge is -2.25. The molecule has 1 saturated carbocycles. The van der Waals surface area contributed by atoms with E-state index in [1.165, 1.54) is 0 Å². The Morgan fingerprint density at radius 1 is 1.42 bits per heavy atom. The van der Waals surface area contributed by atoms with Gasteiger partial charge in [-0.15, -0.1) is 12.4 Å². The number of halogens is 2. The lowest BCUT2D eigenvalue weighted by atomic mass is 9.85. The van der Waals surface area contributed by atoms with E-state index in [0.717, 1.165) is 31.2 Å². The average Bonchev–Trinajstić information content (AvgIpc) is 3.01. The van der Waals surface area contributed by atoms with Gasteiger partial charge in [0.1, 0.15) is 0 Å². The molecule has 6 nitrogen and oxygen atoms in total. The minimum atomic E-state index is -0.0194. The van der Waals surface area contributed by atoms with Crippen LogP contribution in [0, 0.1) is 5.92 Å². The molecular formula is C16H20Cl2N4O2. The third-order valence-electron chi connectivity index (χ3n) is 4.05. The number of nitrogens with one attached hydrogen (secondary N) is 1. The van der Waals surface area contributed by atoms with Crippen LogP contribution >= 0.6 is 24.0 Å². The number of hydrogen-bond donors (Lipinski definition) is 2. The molecule has 1 amide bonds. The Balaban J connectivity index is 0.00000208. The highest BCUT2D eigenvalue weighted by Gasteiger charge is 2.25. The molecule has 0 spiro atoms. The van der Waals surface area contributed by atoms with Crippen molar-refractivity contribution >= 4 is 29.9 Å². The third-order valence-corrected chi connectivity index (χ3v) is 4.29. The van der Waals surface area contributed by atoms with E-state index in [9.17, 15) is 4.79 Å². The summed E-state index contributed by atoms with van der Waals surface area (Å²) in [5.74, 6) is 0.807. The van der Waals surface area contributed by atoms with Crippen molar-refractivity contribution in [2.45, 2.75) is 38.3 Å². The second kappa shape index (κ2) is 8.46. The Morgan fingerprint density at radius 2 is 2.25 bits per heavy atom. The van der Waals surface area contributed by atoms with E-state index in [2.05, 4.69) is 15.5 Å². The second-order valence-corrected chi connectivity index (χ2v) is 6.30. The summed E-state index contributed by atoms with van der Waals surface area (Å²) < 4.78 is 5.17. The van der Waals surface area contributed by atoms with Gasteiger partial charge < -0.3 is 15.6 Å². The van der Waals surface area contributed by atoms with E-state index in [4.69, 9.17) is 21.9 Å². The Labute approximate surface area is 151 Å². The lowest BCUT2D eigenvalue weighted by molar-refractivity contribution is -0.126. The van der Waals surface area contributed by atoms with E-state index in [1.807, 2.05) is 12.1 Å². The number of nitrogens with two attached hydrogens (primary N) is 1. The van der Waals surface area contributed by atoms with Crippen LogP contribution in [0.2, 0.25) is 5.02 Å². The smallest absolute Gasteiger partial charge is 0.246 e. The van der Waals surface area contributed by atoms with Crippen LogP contribution in [-0.2, 0) is 11.3 Å². The Morgan fingerprint density at radius 3 is 3.00 bits per heavy atom. The number of carbonyl (C=O) groups is 1. The van der Waals surface area contributed by atoms with Crippen LogP contribution in [0.15, 0.2) is 28.8 Å². The summed E-state index contributed by atoms with van der Waals surface area (Å²) in [5, 5.41) is 7.37. The van der Waals surface area contributed by atoms with Crippen molar-refractivity contribution in [3.05, 3.63) is 35.2 Å². The minimum Gasteiger partial charge on any atom is -0.347 e. The molecule has 0 saturated heterocycles. The number of aromatic nitrogens is 2. The normalized spacial score (nSPS) is 20.2. The van der Waals surface area contributed by atoms with Crippen LogP contribution in [0.5, 0.6) is 0 Å². The minimum absolute atomic E-state index is 0. The zero-order chi connectivity index (χ0) is 16.2. The fourth-order valence-corrected chi connectivity index (χ4v) is 3.03. The third kappa shape index (κ3) is 4.69. The van der Waals surface area contributed by atoms with Gasteiger partial charge >= 0.3 is 0 Å². The molecule has 2 atom stereocenters. The second-order valence-electron chi connectivity index (χ2n) is 5.86. The van der Waals surface area contributed by atoms with Crippen LogP contribution in [0.3, 0.4) is 0 Å². The van der Waals surface area contributed by atoms with Gasteiger partial charge in [-0.3, -0.25) is 4.79 Å². The van der Waals surface area contributed by atoms with Crippen LogP contribution < -0.4 is 11.1 Å². The molecule has 1 aliphatic rings. The van der Waals surface area contributed by atoms with E-state index in [1.54, 1.807) is 12.1 Å². The standard InChI is InChI=1S/C16H19ClN4O2.ClH/c17-12-5-1-3-10(7-12)15-20-14(23-21-15)9-19-16(22)11-4-2-6-13(18)8-11;/h1,3,5,7,11,13H,2,4,6,8-9,18H2,(H,19,22);1H. The molecule has 8 heteroatoms. The summed E-state index contributed by atoms with van der Waals surface area (Å²) in [5.41, 5.74) is 6.69. The Hall–Kier alpha value is -1.63. The molecule has 1 heterocycles. The Kier molecular flexibility index (Phi) is 6.60. The van der Waals surface area contributed by atoms with Gasteiger partial charge in [0.25, 0.3) is 0 Å². The van der Waals surface area contributed by atoms with Crippen molar-refractivity contribution in [3.8, 4) is 11.4 Å². The summed E-state index contributed by atoms with van der Waals surface area (Å²) in [6.07, 6.45) is 3.62. The fraction of sp³-hybridized carbons (Fsp3) is 0.438. The van der Waals surface area contributed by atoms with Gasteiger partial charge in [0.15, 0.2) is 0 Å². The first-order chi connectivity index (χ1) is 11.1. The molecule has 0 bridgehead atoms. The summed E-state index contributed by atoms with van der Waals surface area (Å²) in [6.45, 7) is 0.220. The molecule has 1 fully saturated rings. The summed E-state index contributed by atoms with van der Waals surface area (Å²) in [7, 11) is 0. The number of amides is 1. The molecule has 1 aliphatic carbocycles. The fourth-order valence-electron chi connectivity index (χ4n) is 2.84. The number of benzene rings is 1. The van der Waals surface area contributed by atoms with Crippen LogP contribution in [0.25, 0.3) is 11.4 Å². The highest BCUT2D eigenvalue weighted by Crippen LogP contribution is 2.23. The molecule has 2 aromatic rings. The van der Waals surface area contributed by atoms with Gasteiger partial charge in [-0.1, -0.05) is 35.3 Å². The van der Waals surface area contributed by atoms with E-state index in [0.29, 0.717) is 16.7 Å². The molecular weight excluding hydrogens is 351 g/mol. The van der Waals surface area contributed by atoms with Gasteiger partial charge in [0, 0.05) is 22.5 Å². The van der Waals surface area contributed by atoms with Gasteiger partial charge in [-0.2, -0.15) is 4.98 Å². The molecule has 3 rings (SSSR count). The highest BCUT2D eigenvalue weighted by atomic mass is 35.5. The molecule has 3 N–H and O–H groups in total. The maximum absolute atomic E-state index is 12.2. The van der Waals surface area contributed by atoms with Crippen molar-refractivity contribution in [2.24, 2.45) is 11.7 Å². The molecule has 130 valence electrons. The maximum atomic E-state index is 12.2. The lowest BCUT2D eigenvalue weighted by Crippen LogP contribution is -2.37. The Bertz CT molecular complexity index is 692. The number of carbonyl (C=O) groups excluding carboxylic acids is 1. The average molecular weight is 371 g/mol. The first-order valence-electron chi connectivity index (χ1n) is 7.73. The van der Waals surface area contributed by atoms with Gasteiger partial charge in [0.2, 0.25) is 17.6 Å². The van der Waals surface area contributed by atoms with Crippen LogP contribution in [0.1, 0.15) is 31.6 Å². The molecule has 0 aliphatic heterocycles. The maximum Gasteiger partial charge on any atom is 0.246 e. The van der Waals surface area contributed by atoms with Gasteiger partial charge in [0.05, 0.1) is 6.54 Å². The van der Waals surface area contributed by atoms with Crippen molar-refractivity contribution in [3.63, 3.8) is 0 Å². The zero-order valence-corrected chi connectivity index (χ0v) is 14.6. The molecule has 24 heavy (non-hydrogen) atoms. The summed E-state index contributed by atoms with van der Waals surface area (Å²) in [4.78, 5) is 16.4. The topological polar surface area (TPSA) is 94.0 Å².